The number of hydrogen-bond acceptors (Lipinski definition) is 3. The average Bonchev–Trinajstić information content (AvgIpc) is 3.23. The highest BCUT2D eigenvalue weighted by atomic mass is 16.5. The highest BCUT2D eigenvalue weighted by molar-refractivity contribution is 5.81. The molecule has 0 aromatic rings. The van der Waals surface area contributed by atoms with E-state index in [4.69, 9.17) is 4.74 Å². The number of rotatable bonds is 4. The molecule has 2 unspecified atom stereocenters. The van der Waals surface area contributed by atoms with Crippen LogP contribution in [0, 0.1) is 11.3 Å². The van der Waals surface area contributed by atoms with Gasteiger partial charge >= 0.3 is 0 Å². The topological polar surface area (TPSA) is 24.8 Å². The highest BCUT2D eigenvalue weighted by Crippen LogP contribution is 2.67. The lowest BCUT2D eigenvalue weighted by molar-refractivity contribution is -0.135. The van der Waals surface area contributed by atoms with Crippen LogP contribution in [-0.4, -0.2) is 49.5 Å². The van der Waals surface area contributed by atoms with E-state index in [-0.39, 0.29) is 16.6 Å². The fourth-order valence-electron chi connectivity index (χ4n) is 7.57. The molecular formula is C28H38N2O. The normalized spacial score (nSPS) is 41.5. The molecule has 2 aliphatic heterocycles. The Balaban J connectivity index is 1.50. The van der Waals surface area contributed by atoms with E-state index in [0.29, 0.717) is 12.0 Å². The third-order valence-electron chi connectivity index (χ3n) is 9.10. The molecule has 5 rings (SSSR count). The van der Waals surface area contributed by atoms with Gasteiger partial charge in [-0.15, -0.1) is 0 Å². The average molecular weight is 419 g/mol. The minimum absolute atomic E-state index is 0.0255. The summed E-state index contributed by atoms with van der Waals surface area (Å²) < 4.78 is 7.33. The van der Waals surface area contributed by atoms with Crippen LogP contribution in [0.5, 0.6) is 0 Å². The number of ether oxygens (including phenoxy) is 1. The molecular weight excluding hydrogens is 380 g/mol. The Morgan fingerprint density at radius 1 is 1.29 bits per heavy atom. The van der Waals surface area contributed by atoms with Crippen molar-refractivity contribution in [1.82, 2.24) is 4.90 Å². The van der Waals surface area contributed by atoms with Gasteiger partial charge in [-0.25, -0.2) is 0 Å². The van der Waals surface area contributed by atoms with Crippen molar-refractivity contribution >= 4 is 6.21 Å². The zero-order valence-electron chi connectivity index (χ0n) is 20.0. The molecule has 166 valence electrons. The van der Waals surface area contributed by atoms with Gasteiger partial charge in [0.1, 0.15) is 0 Å². The Bertz CT molecular complexity index is 963. The van der Waals surface area contributed by atoms with Gasteiger partial charge in [0.25, 0.3) is 0 Å². The molecule has 3 nitrogen and oxygen atoms in total. The molecule has 2 fully saturated rings. The third kappa shape index (κ3) is 2.96. The predicted octanol–water partition coefficient (Wildman–Crippen LogP) is 5.81. The van der Waals surface area contributed by atoms with Gasteiger partial charge in [0.2, 0.25) is 0 Å². The van der Waals surface area contributed by atoms with Gasteiger partial charge in [0.15, 0.2) is 0 Å². The minimum atomic E-state index is -0.106. The van der Waals surface area contributed by atoms with Crippen molar-refractivity contribution in [2.24, 2.45) is 16.3 Å². The van der Waals surface area contributed by atoms with E-state index >= 15 is 0 Å². The van der Waals surface area contributed by atoms with E-state index in [1.165, 1.54) is 42.4 Å². The van der Waals surface area contributed by atoms with Gasteiger partial charge < -0.3 is 9.64 Å². The molecule has 0 radical (unpaired) electrons. The van der Waals surface area contributed by atoms with Crippen LogP contribution in [0.25, 0.3) is 0 Å². The van der Waals surface area contributed by atoms with Crippen LogP contribution >= 0.6 is 0 Å². The molecule has 5 atom stereocenters. The molecule has 0 aromatic carbocycles. The summed E-state index contributed by atoms with van der Waals surface area (Å²) in [6.45, 7) is 8.86. The molecule has 5 aliphatic rings. The van der Waals surface area contributed by atoms with Crippen molar-refractivity contribution in [1.29, 1.82) is 0 Å². The van der Waals surface area contributed by atoms with Crippen LogP contribution < -0.4 is 0 Å². The van der Waals surface area contributed by atoms with Gasteiger partial charge in [0, 0.05) is 30.6 Å². The highest BCUT2D eigenvalue weighted by Gasteiger charge is 2.65. The SMILES string of the molecule is C=C(/C=N\C)/C=C(\C)C1=CC[C@@H]2C1(C)CC=C1C=C3CCC(N(C)C)C[C@]34CC[C@@]12O4. The van der Waals surface area contributed by atoms with E-state index in [1.54, 1.807) is 12.6 Å². The Labute approximate surface area is 188 Å². The fourth-order valence-corrected chi connectivity index (χ4v) is 7.57. The van der Waals surface area contributed by atoms with Crippen molar-refractivity contribution < 1.29 is 4.74 Å². The summed E-state index contributed by atoms with van der Waals surface area (Å²) in [5, 5.41) is 0. The van der Waals surface area contributed by atoms with E-state index < -0.39 is 0 Å². The lowest BCUT2D eigenvalue weighted by Gasteiger charge is -2.54. The second-order valence-corrected chi connectivity index (χ2v) is 11.0. The first kappa shape index (κ1) is 21.2. The molecule has 0 aromatic heterocycles. The summed E-state index contributed by atoms with van der Waals surface area (Å²) in [6, 6.07) is 0.626. The van der Waals surface area contributed by atoms with Crippen molar-refractivity contribution in [2.75, 3.05) is 21.1 Å². The Kier molecular flexibility index (Phi) is 4.88. The van der Waals surface area contributed by atoms with Gasteiger partial charge in [0.05, 0.1) is 11.2 Å². The lowest BCUT2D eigenvalue weighted by atomic mass is 9.58. The van der Waals surface area contributed by atoms with Crippen LogP contribution in [-0.2, 0) is 4.74 Å². The van der Waals surface area contributed by atoms with Gasteiger partial charge in [-0.2, -0.15) is 0 Å². The fraction of sp³-hybridized carbons (Fsp3) is 0.607. The van der Waals surface area contributed by atoms with E-state index in [0.717, 1.165) is 24.8 Å². The number of nitrogens with zero attached hydrogens (tertiary/aromatic N) is 2. The number of aliphatic imine (C=N–C) groups is 1. The summed E-state index contributed by atoms with van der Waals surface area (Å²) in [5.74, 6) is 0.517. The quantitative estimate of drug-likeness (QED) is 0.425. The Morgan fingerprint density at radius 2 is 2.10 bits per heavy atom. The summed E-state index contributed by atoms with van der Waals surface area (Å²) in [6.07, 6.45) is 19.8. The zero-order chi connectivity index (χ0) is 22.0. The van der Waals surface area contributed by atoms with Crippen molar-refractivity contribution in [3.05, 3.63) is 58.7 Å². The second-order valence-electron chi connectivity index (χ2n) is 11.0. The summed E-state index contributed by atoms with van der Waals surface area (Å²) >= 11 is 0. The molecule has 2 heterocycles. The van der Waals surface area contributed by atoms with Crippen molar-refractivity contribution in [3.63, 3.8) is 0 Å². The maximum Gasteiger partial charge on any atom is 0.0980 e. The van der Waals surface area contributed by atoms with Gasteiger partial charge in [-0.3, -0.25) is 4.99 Å². The van der Waals surface area contributed by atoms with E-state index in [2.05, 4.69) is 68.7 Å². The number of fused-ring (bicyclic) bond motifs is 1. The molecule has 31 heavy (non-hydrogen) atoms. The van der Waals surface area contributed by atoms with Crippen LogP contribution in [0.2, 0.25) is 0 Å². The minimum Gasteiger partial charge on any atom is -0.359 e. The molecule has 1 saturated heterocycles. The lowest BCUT2D eigenvalue weighted by Crippen LogP contribution is -2.55. The number of allylic oxidation sites excluding steroid dienone is 6. The molecule has 2 bridgehead atoms. The molecule has 0 amide bonds. The summed E-state index contributed by atoms with van der Waals surface area (Å²) in [4.78, 5) is 6.53. The maximum atomic E-state index is 7.33. The monoisotopic (exact) mass is 418 g/mol. The van der Waals surface area contributed by atoms with E-state index in [9.17, 15) is 0 Å². The summed E-state index contributed by atoms with van der Waals surface area (Å²) in [7, 11) is 6.26. The van der Waals surface area contributed by atoms with Gasteiger partial charge in [-0.1, -0.05) is 37.8 Å². The third-order valence-corrected chi connectivity index (χ3v) is 9.10. The first-order valence-corrected chi connectivity index (χ1v) is 12.0. The van der Waals surface area contributed by atoms with Crippen LogP contribution in [0.4, 0.5) is 0 Å². The molecule has 2 spiro atoms. The van der Waals surface area contributed by atoms with Crippen molar-refractivity contribution in [3.8, 4) is 0 Å². The first-order valence-electron chi connectivity index (χ1n) is 12.0. The first-order chi connectivity index (χ1) is 14.7. The standard InChI is InChI=1S/C28H38N2O/c1-19(18-29-4)15-20(2)24-9-10-25-26(24,3)12-11-22-16-21-7-8-23(30(5)6)17-27(21)13-14-28(22,25)31-27/h9,11,15-16,18,23,25H,1,7-8,10,12-14,17H2,2-6H3/b20-15+,29-18-/t23?,25-,26?,27-,28-/m1/s1. The zero-order valence-corrected chi connectivity index (χ0v) is 20.0. The Hall–Kier alpha value is -1.71. The predicted molar refractivity (Wildman–Crippen MR) is 130 cm³/mol. The van der Waals surface area contributed by atoms with Crippen LogP contribution in [0.3, 0.4) is 0 Å². The second kappa shape index (κ2) is 7.15. The molecule has 0 N–H and O–H groups in total. The molecule has 3 aliphatic carbocycles. The summed E-state index contributed by atoms with van der Waals surface area (Å²) in [5.41, 5.74) is 6.84. The maximum absolute atomic E-state index is 7.33. The molecule has 3 heteroatoms. The number of hydrogen-bond donors (Lipinski definition) is 0. The van der Waals surface area contributed by atoms with E-state index in [1.807, 2.05) is 6.21 Å². The van der Waals surface area contributed by atoms with Gasteiger partial charge in [-0.05, 0) is 93.8 Å². The Morgan fingerprint density at radius 3 is 2.84 bits per heavy atom. The van der Waals surface area contributed by atoms with Crippen LogP contribution in [0.15, 0.2) is 63.7 Å². The van der Waals surface area contributed by atoms with Crippen LogP contribution in [0.1, 0.15) is 58.8 Å². The van der Waals surface area contributed by atoms with Crippen molar-refractivity contribution in [2.45, 2.75) is 76.0 Å². The smallest absolute Gasteiger partial charge is 0.0980 e. The molecule has 1 saturated carbocycles. The largest absolute Gasteiger partial charge is 0.359 e.